The summed E-state index contributed by atoms with van der Waals surface area (Å²) in [5.41, 5.74) is -0.0370. The van der Waals surface area contributed by atoms with Gasteiger partial charge in [0.25, 0.3) is 0 Å². The largest absolute Gasteiger partial charge is 0.350 e. The van der Waals surface area contributed by atoms with Crippen LogP contribution in [-0.2, 0) is 0 Å². The number of aromatic nitrogens is 2. The Hall–Kier alpha value is -0.830. The van der Waals surface area contributed by atoms with Gasteiger partial charge in [0, 0.05) is 11.7 Å². The minimum absolute atomic E-state index is 0.0370. The number of nitrogens with one attached hydrogen (secondary N) is 1. The van der Waals surface area contributed by atoms with Crippen LogP contribution in [0.3, 0.4) is 0 Å². The first-order valence-corrected chi connectivity index (χ1v) is 4.12. The van der Waals surface area contributed by atoms with Gasteiger partial charge in [0.2, 0.25) is 5.95 Å². The van der Waals surface area contributed by atoms with E-state index < -0.39 is 0 Å². The van der Waals surface area contributed by atoms with E-state index in [9.17, 15) is 0 Å². The van der Waals surface area contributed by atoms with Gasteiger partial charge in [-0.1, -0.05) is 11.6 Å². The molecule has 1 aromatic heterocycles. The maximum absolute atomic E-state index is 5.68. The molecule has 0 radical (unpaired) electrons. The third-order valence-electron chi connectivity index (χ3n) is 1.11. The first kappa shape index (κ1) is 9.26. The third-order valence-corrected chi connectivity index (χ3v) is 1.32. The first-order valence-electron chi connectivity index (χ1n) is 3.74. The molecule has 0 aromatic carbocycles. The average molecular weight is 186 g/mol. The summed E-state index contributed by atoms with van der Waals surface area (Å²) >= 11 is 5.68. The summed E-state index contributed by atoms with van der Waals surface area (Å²) < 4.78 is 0. The third kappa shape index (κ3) is 3.05. The van der Waals surface area contributed by atoms with Gasteiger partial charge in [-0.15, -0.1) is 0 Å². The minimum atomic E-state index is -0.0370. The summed E-state index contributed by atoms with van der Waals surface area (Å²) in [5.74, 6) is 0.565. The average Bonchev–Trinajstić information content (AvgIpc) is 1.82. The van der Waals surface area contributed by atoms with Crippen LogP contribution in [-0.4, -0.2) is 15.5 Å². The van der Waals surface area contributed by atoms with Gasteiger partial charge in [-0.3, -0.25) is 0 Å². The highest BCUT2D eigenvalue weighted by Crippen LogP contribution is 2.11. The highest BCUT2D eigenvalue weighted by molar-refractivity contribution is 6.29. The second-order valence-corrected chi connectivity index (χ2v) is 3.97. The van der Waals surface area contributed by atoms with Crippen molar-refractivity contribution < 1.29 is 0 Å². The van der Waals surface area contributed by atoms with Crippen molar-refractivity contribution in [3.8, 4) is 0 Å². The van der Waals surface area contributed by atoms with Crippen LogP contribution in [0.4, 0.5) is 5.95 Å². The van der Waals surface area contributed by atoms with Gasteiger partial charge in [-0.2, -0.15) is 0 Å². The van der Waals surface area contributed by atoms with Gasteiger partial charge in [-0.05, 0) is 26.8 Å². The van der Waals surface area contributed by atoms with Crippen LogP contribution >= 0.6 is 11.6 Å². The molecule has 1 heterocycles. The normalized spacial score (nSPS) is 11.3. The Morgan fingerprint density at radius 3 is 2.58 bits per heavy atom. The summed E-state index contributed by atoms with van der Waals surface area (Å²) in [5, 5.41) is 3.57. The van der Waals surface area contributed by atoms with E-state index in [1.54, 1.807) is 12.3 Å². The highest BCUT2D eigenvalue weighted by atomic mass is 35.5. The molecular weight excluding hydrogens is 174 g/mol. The van der Waals surface area contributed by atoms with Crippen LogP contribution < -0.4 is 5.32 Å². The molecule has 1 aromatic rings. The quantitative estimate of drug-likeness (QED) is 0.683. The van der Waals surface area contributed by atoms with E-state index in [1.165, 1.54) is 0 Å². The fourth-order valence-corrected chi connectivity index (χ4v) is 0.869. The van der Waals surface area contributed by atoms with E-state index in [4.69, 9.17) is 11.6 Å². The number of rotatable bonds is 1. The van der Waals surface area contributed by atoms with Crippen molar-refractivity contribution in [2.75, 3.05) is 5.32 Å². The van der Waals surface area contributed by atoms with E-state index >= 15 is 0 Å². The second kappa shape index (κ2) is 3.27. The number of anilines is 1. The molecule has 0 atom stereocenters. The Morgan fingerprint density at radius 2 is 2.08 bits per heavy atom. The van der Waals surface area contributed by atoms with Crippen LogP contribution in [0.15, 0.2) is 12.3 Å². The predicted octanol–water partition coefficient (Wildman–Crippen LogP) is 2.34. The van der Waals surface area contributed by atoms with E-state index in [-0.39, 0.29) is 5.54 Å². The molecule has 4 heteroatoms. The molecule has 0 aliphatic heterocycles. The summed E-state index contributed by atoms with van der Waals surface area (Å²) in [6.07, 6.45) is 1.63. The molecule has 66 valence electrons. The minimum Gasteiger partial charge on any atom is -0.350 e. The van der Waals surface area contributed by atoms with Crippen molar-refractivity contribution in [2.24, 2.45) is 0 Å². The van der Waals surface area contributed by atoms with Crippen LogP contribution in [0, 0.1) is 0 Å². The summed E-state index contributed by atoms with van der Waals surface area (Å²) in [6.45, 7) is 6.12. The lowest BCUT2D eigenvalue weighted by Crippen LogP contribution is -2.27. The number of halogens is 1. The van der Waals surface area contributed by atoms with Crippen LogP contribution in [0.2, 0.25) is 5.15 Å². The Kier molecular flexibility index (Phi) is 2.52. The molecule has 0 saturated heterocycles. The molecule has 1 rings (SSSR count). The van der Waals surface area contributed by atoms with E-state index in [0.717, 1.165) is 0 Å². The van der Waals surface area contributed by atoms with Gasteiger partial charge in [0.05, 0.1) is 0 Å². The highest BCUT2D eigenvalue weighted by Gasteiger charge is 2.10. The Morgan fingerprint density at radius 1 is 1.42 bits per heavy atom. The molecule has 0 aliphatic rings. The number of nitrogens with zero attached hydrogens (tertiary/aromatic N) is 2. The lowest BCUT2D eigenvalue weighted by atomic mass is 10.1. The molecule has 0 aliphatic carbocycles. The van der Waals surface area contributed by atoms with Gasteiger partial charge in [0.1, 0.15) is 5.15 Å². The summed E-state index contributed by atoms with van der Waals surface area (Å²) in [7, 11) is 0. The Bertz CT molecular complexity index is 267. The van der Waals surface area contributed by atoms with Gasteiger partial charge in [-0.25, -0.2) is 9.97 Å². The standard InChI is InChI=1S/C8H12ClN3/c1-8(2,3)12-7-10-5-4-6(9)11-7/h4-5H,1-3H3,(H,10,11,12). The van der Waals surface area contributed by atoms with Crippen molar-refractivity contribution >= 4 is 17.5 Å². The van der Waals surface area contributed by atoms with Gasteiger partial charge >= 0.3 is 0 Å². The SMILES string of the molecule is CC(C)(C)Nc1nccc(Cl)n1. The molecule has 0 saturated carbocycles. The monoisotopic (exact) mass is 185 g/mol. The maximum Gasteiger partial charge on any atom is 0.224 e. The topological polar surface area (TPSA) is 37.8 Å². The lowest BCUT2D eigenvalue weighted by molar-refractivity contribution is 0.626. The molecule has 0 bridgehead atoms. The van der Waals surface area contributed by atoms with Crippen molar-refractivity contribution in [1.82, 2.24) is 9.97 Å². The fraction of sp³-hybridized carbons (Fsp3) is 0.500. The van der Waals surface area contributed by atoms with Crippen LogP contribution in [0.5, 0.6) is 0 Å². The smallest absolute Gasteiger partial charge is 0.224 e. The molecule has 1 N–H and O–H groups in total. The van der Waals surface area contributed by atoms with E-state index in [1.807, 2.05) is 20.8 Å². The molecular formula is C8H12ClN3. The Labute approximate surface area is 77.2 Å². The van der Waals surface area contributed by atoms with Crippen LogP contribution in [0.25, 0.3) is 0 Å². The van der Waals surface area contributed by atoms with E-state index in [0.29, 0.717) is 11.1 Å². The van der Waals surface area contributed by atoms with Crippen molar-refractivity contribution in [2.45, 2.75) is 26.3 Å². The molecule has 0 unspecified atom stereocenters. The molecule has 3 nitrogen and oxygen atoms in total. The lowest BCUT2D eigenvalue weighted by Gasteiger charge is -2.19. The number of hydrogen-bond acceptors (Lipinski definition) is 3. The molecule has 0 spiro atoms. The zero-order valence-corrected chi connectivity index (χ0v) is 8.18. The number of hydrogen-bond donors (Lipinski definition) is 1. The second-order valence-electron chi connectivity index (χ2n) is 3.58. The fourth-order valence-electron chi connectivity index (χ4n) is 0.732. The maximum atomic E-state index is 5.68. The first-order chi connectivity index (χ1) is 5.47. The summed E-state index contributed by atoms with van der Waals surface area (Å²) in [4.78, 5) is 8.02. The van der Waals surface area contributed by atoms with Crippen molar-refractivity contribution in [1.29, 1.82) is 0 Å². The van der Waals surface area contributed by atoms with E-state index in [2.05, 4.69) is 15.3 Å². The zero-order valence-electron chi connectivity index (χ0n) is 7.43. The van der Waals surface area contributed by atoms with Crippen molar-refractivity contribution in [3.05, 3.63) is 17.4 Å². The van der Waals surface area contributed by atoms with Crippen molar-refractivity contribution in [3.63, 3.8) is 0 Å². The zero-order chi connectivity index (χ0) is 9.19. The molecule has 0 amide bonds. The van der Waals surface area contributed by atoms with Gasteiger partial charge in [0.15, 0.2) is 0 Å². The summed E-state index contributed by atoms with van der Waals surface area (Å²) in [6, 6.07) is 1.65. The van der Waals surface area contributed by atoms with Crippen LogP contribution in [0.1, 0.15) is 20.8 Å². The van der Waals surface area contributed by atoms with Gasteiger partial charge < -0.3 is 5.32 Å². The Balaban J connectivity index is 2.77. The molecule has 12 heavy (non-hydrogen) atoms. The predicted molar refractivity (Wildman–Crippen MR) is 50.4 cm³/mol. The molecule has 0 fully saturated rings.